The maximum absolute atomic E-state index is 12.5. The van der Waals surface area contributed by atoms with Gasteiger partial charge >= 0.3 is 0 Å². The zero-order valence-corrected chi connectivity index (χ0v) is 14.6. The summed E-state index contributed by atoms with van der Waals surface area (Å²) < 4.78 is 1.61. The van der Waals surface area contributed by atoms with E-state index in [1.54, 1.807) is 23.7 Å². The number of amides is 1. The molecule has 0 saturated heterocycles. The number of para-hydroxylation sites is 1. The summed E-state index contributed by atoms with van der Waals surface area (Å²) >= 11 is 6.07. The number of anilines is 1. The number of rotatable bonds is 3. The molecule has 0 aliphatic carbocycles. The van der Waals surface area contributed by atoms with Gasteiger partial charge in [-0.1, -0.05) is 41.9 Å². The second kappa shape index (κ2) is 6.57. The lowest BCUT2D eigenvalue weighted by Crippen LogP contribution is -2.18. The molecule has 1 amide bonds. The molecule has 0 bridgehead atoms. The molecule has 0 saturated carbocycles. The van der Waals surface area contributed by atoms with Gasteiger partial charge in [0.15, 0.2) is 11.3 Å². The fraction of sp³-hybridized carbons (Fsp3) is 0.0526. The van der Waals surface area contributed by atoms with E-state index in [0.29, 0.717) is 22.1 Å². The number of aromatic nitrogens is 4. The highest BCUT2D eigenvalue weighted by Gasteiger charge is 2.18. The van der Waals surface area contributed by atoms with E-state index in [1.165, 1.54) is 0 Å². The molecular weight excluding hydrogens is 350 g/mol. The molecule has 4 rings (SSSR count). The van der Waals surface area contributed by atoms with Gasteiger partial charge in [0.05, 0.1) is 11.9 Å². The zero-order valence-electron chi connectivity index (χ0n) is 13.8. The smallest absolute Gasteiger partial charge is 0.278 e. The van der Waals surface area contributed by atoms with Crippen LogP contribution >= 0.6 is 11.6 Å². The molecule has 7 heteroatoms. The highest BCUT2D eigenvalue weighted by Crippen LogP contribution is 2.26. The van der Waals surface area contributed by atoms with Crippen molar-refractivity contribution in [3.05, 3.63) is 77.2 Å². The van der Waals surface area contributed by atoms with Gasteiger partial charge in [-0.05, 0) is 36.8 Å². The van der Waals surface area contributed by atoms with Crippen molar-refractivity contribution >= 4 is 28.8 Å². The number of carbonyl (C=O) groups excluding carboxylic acids is 1. The minimum atomic E-state index is -0.331. The second-order valence-corrected chi connectivity index (χ2v) is 6.19. The van der Waals surface area contributed by atoms with Gasteiger partial charge in [-0.15, -0.1) is 10.2 Å². The van der Waals surface area contributed by atoms with Gasteiger partial charge in [0.2, 0.25) is 0 Å². The predicted octanol–water partition coefficient (Wildman–Crippen LogP) is 4.01. The Labute approximate surface area is 154 Å². The first kappa shape index (κ1) is 16.2. The van der Waals surface area contributed by atoms with Crippen molar-refractivity contribution in [2.45, 2.75) is 6.92 Å². The van der Waals surface area contributed by atoms with Crippen LogP contribution in [0.15, 0.2) is 60.8 Å². The molecule has 26 heavy (non-hydrogen) atoms. The zero-order chi connectivity index (χ0) is 18.1. The maximum atomic E-state index is 12.5. The van der Waals surface area contributed by atoms with Crippen LogP contribution in [0, 0.1) is 6.92 Å². The van der Waals surface area contributed by atoms with Gasteiger partial charge in [-0.25, -0.2) is 4.52 Å². The highest BCUT2D eigenvalue weighted by molar-refractivity contribution is 6.30. The largest absolute Gasteiger partial charge is 0.321 e. The molecule has 1 N–H and O–H groups in total. The SMILES string of the molecule is Cc1c(C(=O)Nc2ccccc2)nnc2c(-c3cccc(Cl)c3)cnn12. The molecule has 2 heterocycles. The number of benzene rings is 2. The van der Waals surface area contributed by atoms with Crippen molar-refractivity contribution in [2.75, 3.05) is 5.32 Å². The van der Waals surface area contributed by atoms with E-state index < -0.39 is 0 Å². The summed E-state index contributed by atoms with van der Waals surface area (Å²) in [6.45, 7) is 1.79. The van der Waals surface area contributed by atoms with E-state index in [1.807, 2.05) is 48.5 Å². The van der Waals surface area contributed by atoms with Crippen LogP contribution in [-0.2, 0) is 0 Å². The molecule has 4 aromatic rings. The standard InChI is InChI=1S/C19H14ClN5O/c1-12-17(19(26)22-15-8-3-2-4-9-15)23-24-18-16(11-21-25(12)18)13-6-5-7-14(20)10-13/h2-11H,1H3,(H,22,26). The summed E-state index contributed by atoms with van der Waals surface area (Å²) in [6, 6.07) is 16.6. The lowest BCUT2D eigenvalue weighted by atomic mass is 10.1. The van der Waals surface area contributed by atoms with Crippen LogP contribution in [-0.4, -0.2) is 25.7 Å². The van der Waals surface area contributed by atoms with Crippen LogP contribution in [0.5, 0.6) is 0 Å². The normalized spacial score (nSPS) is 10.8. The average Bonchev–Trinajstić information content (AvgIpc) is 3.08. The molecule has 0 spiro atoms. The van der Waals surface area contributed by atoms with E-state index in [-0.39, 0.29) is 11.6 Å². The molecule has 0 aliphatic heterocycles. The van der Waals surface area contributed by atoms with Gasteiger partial charge in [0, 0.05) is 16.3 Å². The number of carbonyl (C=O) groups is 1. The van der Waals surface area contributed by atoms with Gasteiger partial charge in [0.25, 0.3) is 5.91 Å². The average molecular weight is 364 g/mol. The van der Waals surface area contributed by atoms with E-state index in [2.05, 4.69) is 20.6 Å². The molecule has 0 fully saturated rings. The van der Waals surface area contributed by atoms with E-state index >= 15 is 0 Å². The van der Waals surface area contributed by atoms with Gasteiger partial charge in [0.1, 0.15) is 0 Å². The molecule has 6 nitrogen and oxygen atoms in total. The maximum Gasteiger partial charge on any atom is 0.278 e. The molecule has 2 aromatic carbocycles. The molecule has 0 aliphatic rings. The highest BCUT2D eigenvalue weighted by atomic mass is 35.5. The summed E-state index contributed by atoms with van der Waals surface area (Å²) in [5.41, 5.74) is 3.79. The summed E-state index contributed by atoms with van der Waals surface area (Å²) in [5, 5.41) is 16.1. The number of fused-ring (bicyclic) bond motifs is 1. The van der Waals surface area contributed by atoms with E-state index in [4.69, 9.17) is 11.6 Å². The van der Waals surface area contributed by atoms with Gasteiger partial charge in [-0.3, -0.25) is 4.79 Å². The Hall–Kier alpha value is -3.25. The Kier molecular flexibility index (Phi) is 4.10. The van der Waals surface area contributed by atoms with Crippen LogP contribution in [0.3, 0.4) is 0 Å². The Morgan fingerprint density at radius 3 is 2.65 bits per heavy atom. The number of halogens is 1. The summed E-state index contributed by atoms with van der Waals surface area (Å²) in [6.07, 6.45) is 1.70. The molecule has 128 valence electrons. The molecule has 0 radical (unpaired) electrons. The van der Waals surface area contributed by atoms with Crippen molar-refractivity contribution in [3.63, 3.8) is 0 Å². The number of hydrogen-bond acceptors (Lipinski definition) is 4. The van der Waals surface area contributed by atoms with Crippen LogP contribution in [0.4, 0.5) is 5.69 Å². The minimum Gasteiger partial charge on any atom is -0.321 e. The number of nitrogens with one attached hydrogen (secondary N) is 1. The minimum absolute atomic E-state index is 0.224. The number of nitrogens with zero attached hydrogens (tertiary/aromatic N) is 4. The second-order valence-electron chi connectivity index (χ2n) is 5.76. The van der Waals surface area contributed by atoms with E-state index in [0.717, 1.165) is 11.1 Å². The first-order chi connectivity index (χ1) is 12.6. The molecule has 0 atom stereocenters. The van der Waals surface area contributed by atoms with Crippen LogP contribution in [0.25, 0.3) is 16.8 Å². The first-order valence-corrected chi connectivity index (χ1v) is 8.34. The molecule has 2 aromatic heterocycles. The van der Waals surface area contributed by atoms with Gasteiger partial charge in [-0.2, -0.15) is 5.10 Å². The van der Waals surface area contributed by atoms with Crippen LogP contribution < -0.4 is 5.32 Å². The van der Waals surface area contributed by atoms with Crippen LogP contribution in [0.2, 0.25) is 5.02 Å². The Morgan fingerprint density at radius 2 is 1.88 bits per heavy atom. The Morgan fingerprint density at radius 1 is 1.08 bits per heavy atom. The van der Waals surface area contributed by atoms with Crippen LogP contribution in [0.1, 0.15) is 16.2 Å². The number of aryl methyl sites for hydroxylation is 1. The third-order valence-corrected chi connectivity index (χ3v) is 4.27. The third kappa shape index (κ3) is 2.91. The van der Waals surface area contributed by atoms with Gasteiger partial charge < -0.3 is 5.32 Å². The van der Waals surface area contributed by atoms with E-state index in [9.17, 15) is 4.79 Å². The predicted molar refractivity (Wildman–Crippen MR) is 100 cm³/mol. The Bertz CT molecular complexity index is 1110. The topological polar surface area (TPSA) is 72.2 Å². The van der Waals surface area contributed by atoms with Crippen molar-refractivity contribution < 1.29 is 4.79 Å². The number of hydrogen-bond donors (Lipinski definition) is 1. The summed E-state index contributed by atoms with van der Waals surface area (Å²) in [5.74, 6) is -0.331. The lowest BCUT2D eigenvalue weighted by Gasteiger charge is -2.07. The van der Waals surface area contributed by atoms with Crippen molar-refractivity contribution in [2.24, 2.45) is 0 Å². The van der Waals surface area contributed by atoms with Crippen molar-refractivity contribution in [3.8, 4) is 11.1 Å². The first-order valence-electron chi connectivity index (χ1n) is 7.97. The lowest BCUT2D eigenvalue weighted by molar-refractivity contribution is 0.102. The summed E-state index contributed by atoms with van der Waals surface area (Å²) in [7, 11) is 0. The van der Waals surface area contributed by atoms with Crippen molar-refractivity contribution in [1.82, 2.24) is 19.8 Å². The monoisotopic (exact) mass is 363 g/mol. The fourth-order valence-electron chi connectivity index (χ4n) is 2.73. The molecule has 0 unspecified atom stereocenters. The van der Waals surface area contributed by atoms with Crippen molar-refractivity contribution in [1.29, 1.82) is 0 Å². The summed E-state index contributed by atoms with van der Waals surface area (Å²) in [4.78, 5) is 12.5. The molecular formula is C19H14ClN5O. The quantitative estimate of drug-likeness (QED) is 0.597. The fourth-order valence-corrected chi connectivity index (χ4v) is 2.93. The third-order valence-electron chi connectivity index (χ3n) is 4.03. The Balaban J connectivity index is 1.73.